The largest absolute Gasteiger partial charge is 0.422 e. The highest BCUT2D eigenvalue weighted by Crippen LogP contribution is 2.13. The molecule has 0 N–H and O–H groups in total. The van der Waals surface area contributed by atoms with E-state index in [0.717, 1.165) is 5.39 Å². The summed E-state index contributed by atoms with van der Waals surface area (Å²) in [6, 6.07) is 9.23. The lowest BCUT2D eigenvalue weighted by Gasteiger charge is -1.96. The van der Waals surface area contributed by atoms with Crippen LogP contribution in [-0.4, -0.2) is 0 Å². The Morgan fingerprint density at radius 3 is 2.87 bits per heavy atom. The van der Waals surface area contributed by atoms with Crippen molar-refractivity contribution in [2.24, 2.45) is 0 Å². The summed E-state index contributed by atoms with van der Waals surface area (Å²) in [6.45, 7) is 3.55. The summed E-state index contributed by atoms with van der Waals surface area (Å²) in [5.41, 5.74) is 0.818. The van der Waals surface area contributed by atoms with Crippen LogP contribution in [0, 0.1) is 0 Å². The summed E-state index contributed by atoms with van der Waals surface area (Å²) in [5.74, 6) is 0. The summed E-state index contributed by atoms with van der Waals surface area (Å²) >= 11 is 0. The van der Waals surface area contributed by atoms with Gasteiger partial charge in [-0.15, -0.1) is 0 Å². The van der Waals surface area contributed by atoms with Gasteiger partial charge in [0.25, 0.3) is 0 Å². The first-order valence-electron chi connectivity index (χ1n) is 4.63. The standard InChI is InChI=1S/C13H10O2/c1-2-3-6-11-9-10-7-4-5-8-12(10)15-13(11)14/h2-9H,1H2/b6-3+. The van der Waals surface area contributed by atoms with Gasteiger partial charge in [-0.3, -0.25) is 0 Å². The van der Waals surface area contributed by atoms with E-state index < -0.39 is 0 Å². The van der Waals surface area contributed by atoms with Gasteiger partial charge in [-0.05, 0) is 18.2 Å². The van der Waals surface area contributed by atoms with E-state index >= 15 is 0 Å². The van der Waals surface area contributed by atoms with E-state index in [-0.39, 0.29) is 5.63 Å². The molecular formula is C13H10O2. The minimum Gasteiger partial charge on any atom is -0.422 e. The predicted octanol–water partition coefficient (Wildman–Crippen LogP) is 2.99. The van der Waals surface area contributed by atoms with Crippen LogP contribution in [0.25, 0.3) is 17.0 Å². The Morgan fingerprint density at radius 1 is 1.27 bits per heavy atom. The topological polar surface area (TPSA) is 30.2 Å². The van der Waals surface area contributed by atoms with Gasteiger partial charge in [-0.25, -0.2) is 4.79 Å². The second-order valence-corrected chi connectivity index (χ2v) is 3.12. The molecule has 0 amide bonds. The number of hydrogen-bond acceptors (Lipinski definition) is 2. The molecule has 0 bridgehead atoms. The molecule has 0 spiro atoms. The van der Waals surface area contributed by atoms with Crippen molar-refractivity contribution in [3.05, 3.63) is 65.0 Å². The van der Waals surface area contributed by atoms with Gasteiger partial charge < -0.3 is 4.42 Å². The Balaban J connectivity index is 2.67. The van der Waals surface area contributed by atoms with E-state index in [4.69, 9.17) is 4.42 Å². The minimum atomic E-state index is -0.327. The summed E-state index contributed by atoms with van der Waals surface area (Å²) in [4.78, 5) is 11.5. The first-order valence-corrected chi connectivity index (χ1v) is 4.63. The number of benzene rings is 1. The fourth-order valence-corrected chi connectivity index (χ4v) is 1.37. The third-order valence-corrected chi connectivity index (χ3v) is 2.08. The third-order valence-electron chi connectivity index (χ3n) is 2.08. The maximum Gasteiger partial charge on any atom is 0.343 e. The van der Waals surface area contributed by atoms with Crippen molar-refractivity contribution >= 4 is 17.0 Å². The molecule has 0 aliphatic rings. The molecule has 15 heavy (non-hydrogen) atoms. The maximum absolute atomic E-state index is 11.5. The zero-order chi connectivity index (χ0) is 10.7. The molecule has 0 saturated carbocycles. The van der Waals surface area contributed by atoms with Crippen molar-refractivity contribution in [2.45, 2.75) is 0 Å². The molecule has 0 fully saturated rings. The Labute approximate surface area is 87.2 Å². The van der Waals surface area contributed by atoms with E-state index in [1.807, 2.05) is 18.2 Å². The van der Waals surface area contributed by atoms with Crippen molar-refractivity contribution in [3.63, 3.8) is 0 Å². The van der Waals surface area contributed by atoms with E-state index in [1.54, 1.807) is 30.4 Å². The van der Waals surface area contributed by atoms with Gasteiger partial charge in [0, 0.05) is 5.39 Å². The monoisotopic (exact) mass is 198 g/mol. The highest BCUT2D eigenvalue weighted by atomic mass is 16.4. The lowest BCUT2D eigenvalue weighted by molar-refractivity contribution is 0.559. The summed E-state index contributed by atoms with van der Waals surface area (Å²) < 4.78 is 5.15. The van der Waals surface area contributed by atoms with E-state index in [9.17, 15) is 4.79 Å². The molecule has 0 saturated heterocycles. The van der Waals surface area contributed by atoms with Crippen LogP contribution in [0.2, 0.25) is 0 Å². The Bertz CT molecular complexity index is 576. The summed E-state index contributed by atoms with van der Waals surface area (Å²) in [6.07, 6.45) is 5.01. The van der Waals surface area contributed by atoms with Gasteiger partial charge in [0.05, 0.1) is 5.56 Å². The highest BCUT2D eigenvalue weighted by Gasteiger charge is 2.00. The lowest BCUT2D eigenvalue weighted by Crippen LogP contribution is -2.01. The zero-order valence-electron chi connectivity index (χ0n) is 8.14. The van der Waals surface area contributed by atoms with Crippen LogP contribution in [0.4, 0.5) is 0 Å². The van der Waals surface area contributed by atoms with Crippen molar-refractivity contribution in [1.82, 2.24) is 0 Å². The molecule has 2 rings (SSSR count). The Kier molecular flexibility index (Phi) is 2.50. The average molecular weight is 198 g/mol. The molecule has 0 aliphatic heterocycles. The molecule has 0 atom stereocenters. The van der Waals surface area contributed by atoms with Gasteiger partial charge in [0.1, 0.15) is 5.58 Å². The molecule has 74 valence electrons. The van der Waals surface area contributed by atoms with Crippen molar-refractivity contribution in [2.75, 3.05) is 0 Å². The first-order chi connectivity index (χ1) is 7.31. The highest BCUT2D eigenvalue weighted by molar-refractivity contribution is 5.78. The number of rotatable bonds is 2. The molecule has 2 aromatic rings. The van der Waals surface area contributed by atoms with Crippen LogP contribution in [0.1, 0.15) is 5.56 Å². The molecule has 1 heterocycles. The van der Waals surface area contributed by atoms with Crippen LogP contribution >= 0.6 is 0 Å². The van der Waals surface area contributed by atoms with Crippen LogP contribution < -0.4 is 5.63 Å². The molecular weight excluding hydrogens is 188 g/mol. The SMILES string of the molecule is C=C/C=C/c1cc2ccccc2oc1=O. The van der Waals surface area contributed by atoms with Gasteiger partial charge in [0.15, 0.2) is 0 Å². The van der Waals surface area contributed by atoms with Gasteiger partial charge >= 0.3 is 5.63 Å². The summed E-state index contributed by atoms with van der Waals surface area (Å²) in [5, 5.41) is 0.917. The van der Waals surface area contributed by atoms with Crippen molar-refractivity contribution in [3.8, 4) is 0 Å². The van der Waals surface area contributed by atoms with E-state index in [0.29, 0.717) is 11.1 Å². The van der Waals surface area contributed by atoms with E-state index in [1.165, 1.54) is 0 Å². The normalized spacial score (nSPS) is 10.9. The van der Waals surface area contributed by atoms with Crippen molar-refractivity contribution in [1.29, 1.82) is 0 Å². The minimum absolute atomic E-state index is 0.327. The quantitative estimate of drug-likeness (QED) is 0.548. The molecule has 0 aliphatic carbocycles. The molecule has 2 nitrogen and oxygen atoms in total. The number of allylic oxidation sites excluding steroid dienone is 2. The number of para-hydroxylation sites is 1. The van der Waals surface area contributed by atoms with Gasteiger partial charge in [-0.1, -0.05) is 36.9 Å². The van der Waals surface area contributed by atoms with E-state index in [2.05, 4.69) is 6.58 Å². The third kappa shape index (κ3) is 1.89. The molecule has 2 heteroatoms. The first kappa shape index (κ1) is 9.46. The van der Waals surface area contributed by atoms with Gasteiger partial charge in [-0.2, -0.15) is 0 Å². The number of fused-ring (bicyclic) bond motifs is 1. The fraction of sp³-hybridized carbons (Fsp3) is 0. The Morgan fingerprint density at radius 2 is 2.07 bits per heavy atom. The molecule has 0 radical (unpaired) electrons. The molecule has 1 aromatic heterocycles. The molecule has 1 aromatic carbocycles. The lowest BCUT2D eigenvalue weighted by atomic mass is 10.2. The second-order valence-electron chi connectivity index (χ2n) is 3.12. The van der Waals surface area contributed by atoms with Gasteiger partial charge in [0.2, 0.25) is 0 Å². The Hall–Kier alpha value is -2.09. The number of hydrogen-bond donors (Lipinski definition) is 0. The predicted molar refractivity (Wildman–Crippen MR) is 61.7 cm³/mol. The second kappa shape index (κ2) is 3.96. The smallest absolute Gasteiger partial charge is 0.343 e. The maximum atomic E-state index is 11.5. The fourth-order valence-electron chi connectivity index (χ4n) is 1.37. The van der Waals surface area contributed by atoms with Crippen LogP contribution in [-0.2, 0) is 0 Å². The van der Waals surface area contributed by atoms with Crippen LogP contribution in [0.5, 0.6) is 0 Å². The molecule has 0 unspecified atom stereocenters. The van der Waals surface area contributed by atoms with Crippen LogP contribution in [0.15, 0.2) is 58.3 Å². The van der Waals surface area contributed by atoms with Crippen molar-refractivity contribution < 1.29 is 4.42 Å². The zero-order valence-corrected chi connectivity index (χ0v) is 8.14. The van der Waals surface area contributed by atoms with Crippen LogP contribution in [0.3, 0.4) is 0 Å². The summed E-state index contributed by atoms with van der Waals surface area (Å²) in [7, 11) is 0. The average Bonchev–Trinajstić information content (AvgIpc) is 2.26.